The first kappa shape index (κ1) is 16.5. The van der Waals surface area contributed by atoms with Crippen molar-refractivity contribution in [1.82, 2.24) is 25.4 Å². The van der Waals surface area contributed by atoms with Crippen LogP contribution in [0, 0.1) is 26.7 Å². The summed E-state index contributed by atoms with van der Waals surface area (Å²) < 4.78 is 1.98. The van der Waals surface area contributed by atoms with Crippen molar-refractivity contribution < 1.29 is 4.79 Å². The lowest BCUT2D eigenvalue weighted by Gasteiger charge is -2.14. The number of rotatable bonds is 6. The molecule has 22 heavy (non-hydrogen) atoms. The molecule has 120 valence electrons. The van der Waals surface area contributed by atoms with E-state index >= 15 is 0 Å². The lowest BCUT2D eigenvalue weighted by atomic mass is 10.2. The number of amides is 2. The molecule has 0 aliphatic carbocycles. The van der Waals surface area contributed by atoms with Crippen molar-refractivity contribution in [3.05, 3.63) is 33.5 Å². The molecule has 0 aromatic carbocycles. The fourth-order valence-corrected chi connectivity index (χ4v) is 2.90. The Morgan fingerprint density at radius 2 is 2.09 bits per heavy atom. The van der Waals surface area contributed by atoms with E-state index in [1.54, 1.807) is 11.3 Å². The molecule has 0 bridgehead atoms. The van der Waals surface area contributed by atoms with Gasteiger partial charge in [-0.25, -0.2) is 9.78 Å². The van der Waals surface area contributed by atoms with Gasteiger partial charge in [0.1, 0.15) is 5.01 Å². The van der Waals surface area contributed by atoms with E-state index in [0.717, 1.165) is 28.6 Å². The zero-order valence-corrected chi connectivity index (χ0v) is 14.3. The molecule has 7 heteroatoms. The molecule has 0 aliphatic heterocycles. The van der Waals surface area contributed by atoms with E-state index < -0.39 is 0 Å². The van der Waals surface area contributed by atoms with E-state index in [-0.39, 0.29) is 6.03 Å². The number of thiazole rings is 1. The zero-order chi connectivity index (χ0) is 16.1. The van der Waals surface area contributed by atoms with Crippen LogP contribution in [0.25, 0.3) is 0 Å². The average Bonchev–Trinajstić information content (AvgIpc) is 3.00. The SMILES string of the molecule is Cc1csc(CNC(=O)NC[C@H](C)Cn2nc(C)cc2C)n1. The Morgan fingerprint density at radius 3 is 2.68 bits per heavy atom. The number of carbonyl (C=O) groups excluding carboxylic acids is 1. The van der Waals surface area contributed by atoms with Gasteiger partial charge in [0, 0.05) is 29.9 Å². The van der Waals surface area contributed by atoms with Gasteiger partial charge in [-0.1, -0.05) is 6.92 Å². The Morgan fingerprint density at radius 1 is 1.32 bits per heavy atom. The third-order valence-electron chi connectivity index (χ3n) is 3.27. The Balaban J connectivity index is 1.70. The largest absolute Gasteiger partial charge is 0.338 e. The van der Waals surface area contributed by atoms with E-state index in [4.69, 9.17) is 0 Å². The number of hydrogen-bond donors (Lipinski definition) is 2. The van der Waals surface area contributed by atoms with Gasteiger partial charge >= 0.3 is 6.03 Å². The number of aryl methyl sites for hydroxylation is 3. The van der Waals surface area contributed by atoms with Gasteiger partial charge in [-0.05, 0) is 32.8 Å². The molecule has 0 saturated heterocycles. The molecular formula is C15H23N5OS. The van der Waals surface area contributed by atoms with Crippen LogP contribution >= 0.6 is 11.3 Å². The van der Waals surface area contributed by atoms with Gasteiger partial charge in [0.15, 0.2) is 0 Å². The summed E-state index contributed by atoms with van der Waals surface area (Å²) in [6.07, 6.45) is 0. The predicted molar refractivity (Wildman–Crippen MR) is 88.0 cm³/mol. The van der Waals surface area contributed by atoms with Crippen molar-refractivity contribution in [3.8, 4) is 0 Å². The summed E-state index contributed by atoms with van der Waals surface area (Å²) in [4.78, 5) is 16.1. The highest BCUT2D eigenvalue weighted by Gasteiger charge is 2.09. The van der Waals surface area contributed by atoms with Gasteiger partial charge in [-0.15, -0.1) is 11.3 Å². The summed E-state index contributed by atoms with van der Waals surface area (Å²) in [7, 11) is 0. The molecule has 0 aliphatic rings. The second-order valence-corrected chi connectivity index (χ2v) is 6.60. The first-order valence-electron chi connectivity index (χ1n) is 7.38. The van der Waals surface area contributed by atoms with Gasteiger partial charge in [0.2, 0.25) is 0 Å². The summed E-state index contributed by atoms with van der Waals surface area (Å²) >= 11 is 1.56. The number of carbonyl (C=O) groups is 1. The van der Waals surface area contributed by atoms with Crippen LogP contribution in [0.4, 0.5) is 4.79 Å². The molecule has 6 nitrogen and oxygen atoms in total. The van der Waals surface area contributed by atoms with Crippen molar-refractivity contribution in [2.24, 2.45) is 5.92 Å². The van der Waals surface area contributed by atoms with Crippen molar-refractivity contribution in [3.63, 3.8) is 0 Å². The zero-order valence-electron chi connectivity index (χ0n) is 13.5. The number of aromatic nitrogens is 3. The number of hydrogen-bond acceptors (Lipinski definition) is 4. The topological polar surface area (TPSA) is 71.8 Å². The van der Waals surface area contributed by atoms with Crippen molar-refractivity contribution in [2.45, 2.75) is 40.8 Å². The lowest BCUT2D eigenvalue weighted by Crippen LogP contribution is -2.38. The van der Waals surface area contributed by atoms with E-state index in [1.807, 2.05) is 30.8 Å². The van der Waals surface area contributed by atoms with Crippen molar-refractivity contribution >= 4 is 17.4 Å². The maximum atomic E-state index is 11.8. The number of urea groups is 1. The molecule has 0 fully saturated rings. The van der Waals surface area contributed by atoms with Crippen molar-refractivity contribution in [1.29, 1.82) is 0 Å². The van der Waals surface area contributed by atoms with E-state index in [1.165, 1.54) is 0 Å². The van der Waals surface area contributed by atoms with Crippen LogP contribution in [0.1, 0.15) is 29.0 Å². The number of nitrogens with zero attached hydrogens (tertiary/aromatic N) is 3. The highest BCUT2D eigenvalue weighted by atomic mass is 32.1. The summed E-state index contributed by atoms with van der Waals surface area (Å²) in [5.74, 6) is 0.311. The Hall–Kier alpha value is -1.89. The minimum Gasteiger partial charge on any atom is -0.338 e. The molecule has 2 aromatic rings. The van der Waals surface area contributed by atoms with Gasteiger partial charge in [0.25, 0.3) is 0 Å². The Bertz CT molecular complexity index is 634. The Kier molecular flexibility index (Phi) is 5.54. The summed E-state index contributed by atoms with van der Waals surface area (Å²) in [5, 5.41) is 13.0. The molecule has 0 spiro atoms. The highest BCUT2D eigenvalue weighted by Crippen LogP contribution is 2.08. The van der Waals surface area contributed by atoms with Crippen molar-refractivity contribution in [2.75, 3.05) is 6.54 Å². The summed E-state index contributed by atoms with van der Waals surface area (Å²) in [6, 6.07) is 1.90. The molecule has 2 aromatic heterocycles. The second-order valence-electron chi connectivity index (χ2n) is 5.66. The van der Waals surface area contributed by atoms with E-state index in [9.17, 15) is 4.79 Å². The molecule has 2 amide bonds. The first-order chi connectivity index (χ1) is 10.4. The normalized spacial score (nSPS) is 12.2. The predicted octanol–water partition coefficient (Wildman–Crippen LogP) is 2.40. The fraction of sp³-hybridized carbons (Fsp3) is 0.533. The van der Waals surface area contributed by atoms with Crippen LogP contribution < -0.4 is 10.6 Å². The van der Waals surface area contributed by atoms with E-state index in [0.29, 0.717) is 19.0 Å². The standard InChI is InChI=1S/C15H23N5OS/c1-10(8-20-13(4)5-11(2)19-20)6-16-15(21)17-7-14-18-12(3)9-22-14/h5,9-10H,6-8H2,1-4H3,(H2,16,17,21)/t10-/m0/s1. The molecule has 2 N–H and O–H groups in total. The molecule has 2 heterocycles. The average molecular weight is 321 g/mol. The third kappa shape index (κ3) is 4.84. The monoisotopic (exact) mass is 321 g/mol. The van der Waals surface area contributed by atoms with Crippen LogP contribution in [0.3, 0.4) is 0 Å². The van der Waals surface area contributed by atoms with Crippen LogP contribution in [0.5, 0.6) is 0 Å². The van der Waals surface area contributed by atoms with Crippen LogP contribution in [0.15, 0.2) is 11.4 Å². The van der Waals surface area contributed by atoms with Crippen LogP contribution in [0.2, 0.25) is 0 Å². The van der Waals surface area contributed by atoms with Crippen LogP contribution in [-0.4, -0.2) is 27.3 Å². The molecule has 0 radical (unpaired) electrons. The third-order valence-corrected chi connectivity index (χ3v) is 4.23. The van der Waals surface area contributed by atoms with Gasteiger partial charge < -0.3 is 10.6 Å². The molecule has 0 unspecified atom stereocenters. The molecule has 1 atom stereocenters. The van der Waals surface area contributed by atoms with Gasteiger partial charge in [-0.3, -0.25) is 4.68 Å². The summed E-state index contributed by atoms with van der Waals surface area (Å²) in [5.41, 5.74) is 3.16. The Labute approximate surface area is 135 Å². The van der Waals surface area contributed by atoms with Gasteiger partial charge in [-0.2, -0.15) is 5.10 Å². The van der Waals surface area contributed by atoms with Gasteiger partial charge in [0.05, 0.1) is 12.2 Å². The highest BCUT2D eigenvalue weighted by molar-refractivity contribution is 7.09. The molecule has 2 rings (SSSR count). The maximum absolute atomic E-state index is 11.8. The smallest absolute Gasteiger partial charge is 0.315 e. The molecular weight excluding hydrogens is 298 g/mol. The first-order valence-corrected chi connectivity index (χ1v) is 8.25. The lowest BCUT2D eigenvalue weighted by molar-refractivity contribution is 0.238. The fourth-order valence-electron chi connectivity index (χ4n) is 2.19. The quantitative estimate of drug-likeness (QED) is 0.858. The summed E-state index contributed by atoms with van der Waals surface area (Å²) in [6.45, 7) is 9.95. The minimum atomic E-state index is -0.159. The molecule has 0 saturated carbocycles. The van der Waals surface area contributed by atoms with Crippen LogP contribution in [-0.2, 0) is 13.1 Å². The maximum Gasteiger partial charge on any atom is 0.315 e. The minimum absolute atomic E-state index is 0.159. The van der Waals surface area contributed by atoms with E-state index in [2.05, 4.69) is 33.7 Å². The second kappa shape index (κ2) is 7.40. The number of nitrogens with one attached hydrogen (secondary N) is 2.